The van der Waals surface area contributed by atoms with Gasteiger partial charge in [-0.15, -0.1) is 0 Å². The zero-order chi connectivity index (χ0) is 10.8. The number of amides is 1. The highest BCUT2D eigenvalue weighted by molar-refractivity contribution is 5.79. The Hall–Kier alpha value is -1.36. The van der Waals surface area contributed by atoms with E-state index in [0.717, 1.165) is 18.8 Å². The third-order valence-electron chi connectivity index (χ3n) is 2.94. The molecule has 0 aliphatic carbocycles. The van der Waals surface area contributed by atoms with E-state index in [-0.39, 0.29) is 11.9 Å². The van der Waals surface area contributed by atoms with Gasteiger partial charge in [-0.2, -0.15) is 0 Å². The Morgan fingerprint density at radius 2 is 2.47 bits per heavy atom. The molecule has 1 aromatic rings. The maximum absolute atomic E-state index is 11.5. The van der Waals surface area contributed by atoms with E-state index in [1.807, 2.05) is 17.7 Å². The lowest BCUT2D eigenvalue weighted by Crippen LogP contribution is -2.41. The Morgan fingerprint density at radius 1 is 1.73 bits per heavy atom. The van der Waals surface area contributed by atoms with Gasteiger partial charge < -0.3 is 15.2 Å². The van der Waals surface area contributed by atoms with Crippen molar-refractivity contribution >= 4 is 5.91 Å². The lowest BCUT2D eigenvalue weighted by Gasteiger charge is -2.29. The fourth-order valence-corrected chi connectivity index (χ4v) is 1.79. The quantitative estimate of drug-likeness (QED) is 0.728. The van der Waals surface area contributed by atoms with Crippen molar-refractivity contribution in [3.8, 4) is 0 Å². The second-order valence-electron chi connectivity index (χ2n) is 3.87. The van der Waals surface area contributed by atoms with Crippen LogP contribution in [-0.4, -0.2) is 35.6 Å². The highest BCUT2D eigenvalue weighted by Gasteiger charge is 2.25. The van der Waals surface area contributed by atoms with Crippen LogP contribution >= 0.6 is 0 Å². The summed E-state index contributed by atoms with van der Waals surface area (Å²) in [6.45, 7) is 3.84. The van der Waals surface area contributed by atoms with Crippen LogP contribution in [0.15, 0.2) is 12.5 Å². The van der Waals surface area contributed by atoms with Crippen LogP contribution in [-0.2, 0) is 4.79 Å². The van der Waals surface area contributed by atoms with Crippen LogP contribution in [0.2, 0.25) is 0 Å². The minimum Gasteiger partial charge on any atom is -0.357 e. The molecule has 5 heteroatoms. The van der Waals surface area contributed by atoms with Gasteiger partial charge in [-0.25, -0.2) is 4.98 Å². The Morgan fingerprint density at radius 3 is 3.00 bits per heavy atom. The maximum Gasteiger partial charge on any atom is 0.242 e. The molecule has 0 spiro atoms. The number of imidazole rings is 1. The highest BCUT2D eigenvalue weighted by atomic mass is 16.2. The monoisotopic (exact) mass is 208 g/mol. The Bertz CT molecular complexity index is 356. The largest absolute Gasteiger partial charge is 0.357 e. The molecule has 1 aliphatic heterocycles. The average molecular weight is 208 g/mol. The summed E-state index contributed by atoms with van der Waals surface area (Å²) in [4.78, 5) is 15.6. The number of hydrogen-bond acceptors (Lipinski definition) is 3. The van der Waals surface area contributed by atoms with Crippen molar-refractivity contribution < 1.29 is 4.79 Å². The minimum atomic E-state index is -0.187. The van der Waals surface area contributed by atoms with Crippen LogP contribution in [0.25, 0.3) is 0 Å². The molecule has 82 valence electrons. The van der Waals surface area contributed by atoms with E-state index in [1.54, 1.807) is 13.4 Å². The molecule has 2 heterocycles. The van der Waals surface area contributed by atoms with Crippen molar-refractivity contribution in [1.82, 2.24) is 20.2 Å². The lowest BCUT2D eigenvalue weighted by molar-refractivity contribution is -0.123. The number of aromatic nitrogens is 2. The first-order chi connectivity index (χ1) is 7.24. The molecule has 1 fully saturated rings. The fourth-order valence-electron chi connectivity index (χ4n) is 1.79. The molecule has 1 aliphatic rings. The van der Waals surface area contributed by atoms with Gasteiger partial charge in [-0.1, -0.05) is 0 Å². The van der Waals surface area contributed by atoms with Gasteiger partial charge in [-0.05, 0) is 6.92 Å². The number of carbonyl (C=O) groups is 1. The Kier molecular flexibility index (Phi) is 2.73. The van der Waals surface area contributed by atoms with Crippen molar-refractivity contribution in [3.63, 3.8) is 0 Å². The second-order valence-corrected chi connectivity index (χ2v) is 3.87. The van der Waals surface area contributed by atoms with E-state index >= 15 is 0 Å². The molecule has 0 aromatic carbocycles. The van der Waals surface area contributed by atoms with E-state index in [9.17, 15) is 4.79 Å². The van der Waals surface area contributed by atoms with Gasteiger partial charge in [0.25, 0.3) is 0 Å². The predicted molar refractivity (Wildman–Crippen MR) is 56.6 cm³/mol. The summed E-state index contributed by atoms with van der Waals surface area (Å²) < 4.78 is 1.95. The summed E-state index contributed by atoms with van der Waals surface area (Å²) in [5, 5.41) is 5.87. The number of likely N-dealkylation sites (N-methyl/N-ethyl adjacent to an activating group) is 1. The molecule has 0 bridgehead atoms. The summed E-state index contributed by atoms with van der Waals surface area (Å²) in [7, 11) is 1.65. The molecular formula is C10H16N4O. The van der Waals surface area contributed by atoms with Crippen molar-refractivity contribution in [2.75, 3.05) is 20.1 Å². The first-order valence-corrected chi connectivity index (χ1v) is 5.18. The van der Waals surface area contributed by atoms with Crippen LogP contribution in [0.3, 0.4) is 0 Å². The summed E-state index contributed by atoms with van der Waals surface area (Å²) in [6, 6.07) is -0.187. The molecule has 2 N–H and O–H groups in total. The van der Waals surface area contributed by atoms with Crippen molar-refractivity contribution in [2.24, 2.45) is 0 Å². The molecule has 0 saturated carbocycles. The second kappa shape index (κ2) is 4.02. The summed E-state index contributed by atoms with van der Waals surface area (Å²) >= 11 is 0. The Labute approximate surface area is 88.9 Å². The van der Waals surface area contributed by atoms with Crippen molar-refractivity contribution in [3.05, 3.63) is 18.2 Å². The van der Waals surface area contributed by atoms with Crippen LogP contribution in [0.4, 0.5) is 0 Å². The number of nitrogens with one attached hydrogen (secondary N) is 2. The number of hydrogen-bond donors (Lipinski definition) is 2. The molecule has 1 aromatic heterocycles. The molecule has 1 saturated heterocycles. The average Bonchev–Trinajstić information content (AvgIpc) is 2.61. The van der Waals surface area contributed by atoms with Gasteiger partial charge in [0.1, 0.15) is 6.04 Å². The number of nitrogens with zero attached hydrogens (tertiary/aromatic N) is 2. The first-order valence-electron chi connectivity index (χ1n) is 5.18. The van der Waals surface area contributed by atoms with Gasteiger partial charge in [0.15, 0.2) is 0 Å². The highest BCUT2D eigenvalue weighted by Crippen LogP contribution is 2.22. The molecule has 5 nitrogen and oxygen atoms in total. The van der Waals surface area contributed by atoms with Gasteiger partial charge in [0.05, 0.1) is 6.33 Å². The SMILES string of the molecule is CNC(=O)C(C)n1cncc1C1CNC1. The van der Waals surface area contributed by atoms with Crippen molar-refractivity contribution in [1.29, 1.82) is 0 Å². The third-order valence-corrected chi connectivity index (χ3v) is 2.94. The van der Waals surface area contributed by atoms with Gasteiger partial charge in [-0.3, -0.25) is 4.79 Å². The molecule has 0 radical (unpaired) electrons. The van der Waals surface area contributed by atoms with Crippen molar-refractivity contribution in [2.45, 2.75) is 18.9 Å². The molecule has 2 rings (SSSR count). The predicted octanol–water partition coefficient (Wildman–Crippen LogP) is -0.123. The zero-order valence-electron chi connectivity index (χ0n) is 9.03. The Balaban J connectivity index is 2.19. The standard InChI is InChI=1S/C10H16N4O/c1-7(10(15)11-2)14-6-13-5-9(14)8-3-12-4-8/h5-8,12H,3-4H2,1-2H3,(H,11,15). The minimum absolute atomic E-state index is 0.0153. The summed E-state index contributed by atoms with van der Waals surface area (Å²) in [5.74, 6) is 0.515. The number of rotatable bonds is 3. The summed E-state index contributed by atoms with van der Waals surface area (Å²) in [6.07, 6.45) is 3.58. The van der Waals surface area contributed by atoms with Crippen LogP contribution in [0.5, 0.6) is 0 Å². The van der Waals surface area contributed by atoms with E-state index < -0.39 is 0 Å². The van der Waals surface area contributed by atoms with Gasteiger partial charge in [0, 0.05) is 37.9 Å². The topological polar surface area (TPSA) is 59.0 Å². The number of carbonyl (C=O) groups excluding carboxylic acids is 1. The molecular weight excluding hydrogens is 192 g/mol. The molecule has 1 amide bonds. The van der Waals surface area contributed by atoms with E-state index in [2.05, 4.69) is 15.6 Å². The molecule has 1 atom stereocenters. The van der Waals surface area contributed by atoms with E-state index in [4.69, 9.17) is 0 Å². The normalized spacial score (nSPS) is 18.3. The lowest BCUT2D eigenvalue weighted by atomic mass is 9.99. The fraction of sp³-hybridized carbons (Fsp3) is 0.600. The third kappa shape index (κ3) is 1.74. The van der Waals surface area contributed by atoms with Crippen LogP contribution in [0.1, 0.15) is 24.6 Å². The van der Waals surface area contributed by atoms with E-state index in [1.165, 1.54) is 0 Å². The van der Waals surface area contributed by atoms with Crippen LogP contribution in [0, 0.1) is 0 Å². The van der Waals surface area contributed by atoms with Gasteiger partial charge in [0.2, 0.25) is 5.91 Å². The van der Waals surface area contributed by atoms with Crippen LogP contribution < -0.4 is 10.6 Å². The molecule has 1 unspecified atom stereocenters. The zero-order valence-corrected chi connectivity index (χ0v) is 9.03. The maximum atomic E-state index is 11.5. The van der Waals surface area contributed by atoms with Gasteiger partial charge >= 0.3 is 0 Å². The smallest absolute Gasteiger partial charge is 0.242 e. The summed E-state index contributed by atoms with van der Waals surface area (Å²) in [5.41, 5.74) is 1.14. The first kappa shape index (κ1) is 10.2. The molecule has 15 heavy (non-hydrogen) atoms. The van der Waals surface area contributed by atoms with E-state index in [0.29, 0.717) is 5.92 Å².